The average Bonchev–Trinajstić information content (AvgIpc) is 2.36. The fourth-order valence-corrected chi connectivity index (χ4v) is 2.75. The first-order chi connectivity index (χ1) is 8.80. The van der Waals surface area contributed by atoms with E-state index in [2.05, 4.69) is 0 Å². The molecule has 0 saturated heterocycles. The van der Waals surface area contributed by atoms with Gasteiger partial charge in [0.1, 0.15) is 5.25 Å². The Kier molecular flexibility index (Phi) is 3.54. The molecule has 1 aliphatic rings. The van der Waals surface area contributed by atoms with Gasteiger partial charge < -0.3 is 10.6 Å². The maximum atomic E-state index is 12.2. The molecule has 1 amide bonds. The summed E-state index contributed by atoms with van der Waals surface area (Å²) in [6, 6.07) is 5.69. The van der Waals surface area contributed by atoms with Gasteiger partial charge >= 0.3 is 0 Å². The smallest absolute Gasteiger partial charge is 0.240 e. The van der Waals surface area contributed by atoms with E-state index in [9.17, 15) is 13.2 Å². The van der Waals surface area contributed by atoms with Crippen molar-refractivity contribution in [3.05, 3.63) is 29.3 Å². The summed E-state index contributed by atoms with van der Waals surface area (Å²) >= 11 is 0. The number of nitrogen functional groups attached to an aromatic ring is 1. The lowest BCUT2D eigenvalue weighted by Crippen LogP contribution is -2.43. The summed E-state index contributed by atoms with van der Waals surface area (Å²) in [4.78, 5) is 13.7. The second-order valence-electron chi connectivity index (χ2n) is 4.97. The molecule has 5 nitrogen and oxygen atoms in total. The van der Waals surface area contributed by atoms with Crippen LogP contribution in [0.1, 0.15) is 18.1 Å². The second kappa shape index (κ2) is 4.85. The molecule has 6 heteroatoms. The fraction of sp³-hybridized carbons (Fsp3) is 0.462. The summed E-state index contributed by atoms with van der Waals surface area (Å²) in [5.74, 6) is -0.351. The minimum Gasteiger partial charge on any atom is -0.398 e. The van der Waals surface area contributed by atoms with Gasteiger partial charge in [-0.05, 0) is 30.5 Å². The van der Waals surface area contributed by atoms with E-state index >= 15 is 0 Å². The summed E-state index contributed by atoms with van der Waals surface area (Å²) in [5, 5.41) is -1.00. The molecule has 0 fully saturated rings. The number of sulfone groups is 1. The van der Waals surface area contributed by atoms with Crippen LogP contribution in [0.4, 0.5) is 5.69 Å². The second-order valence-corrected chi connectivity index (χ2v) is 7.33. The van der Waals surface area contributed by atoms with Crippen molar-refractivity contribution >= 4 is 21.4 Å². The number of carbonyl (C=O) groups is 1. The highest BCUT2D eigenvalue weighted by atomic mass is 32.2. The molecule has 1 aliphatic heterocycles. The monoisotopic (exact) mass is 282 g/mol. The Morgan fingerprint density at radius 1 is 1.42 bits per heavy atom. The van der Waals surface area contributed by atoms with Crippen LogP contribution >= 0.6 is 0 Å². The van der Waals surface area contributed by atoms with Gasteiger partial charge in [-0.1, -0.05) is 12.1 Å². The zero-order valence-corrected chi connectivity index (χ0v) is 11.9. The molecule has 0 saturated carbocycles. The van der Waals surface area contributed by atoms with Gasteiger partial charge in [0, 0.05) is 25.0 Å². The number of anilines is 1. The molecule has 0 aliphatic carbocycles. The molecule has 1 atom stereocenters. The molecular formula is C13H18N2O3S. The number of hydrogen-bond acceptors (Lipinski definition) is 4. The highest BCUT2D eigenvalue weighted by molar-refractivity contribution is 7.92. The minimum atomic E-state index is -3.36. The van der Waals surface area contributed by atoms with E-state index in [1.54, 1.807) is 11.0 Å². The van der Waals surface area contributed by atoms with E-state index in [1.807, 2.05) is 12.1 Å². The fourth-order valence-electron chi connectivity index (χ4n) is 2.24. The molecule has 1 heterocycles. The number of rotatable bonds is 2. The molecule has 0 radical (unpaired) electrons. The summed E-state index contributed by atoms with van der Waals surface area (Å²) in [5.41, 5.74) is 8.63. The van der Waals surface area contributed by atoms with Crippen LogP contribution in [0, 0.1) is 0 Å². The Labute approximate surface area is 113 Å². The van der Waals surface area contributed by atoms with Crippen LogP contribution in [0.15, 0.2) is 18.2 Å². The van der Waals surface area contributed by atoms with E-state index in [0.717, 1.165) is 17.4 Å². The molecule has 1 aromatic rings. The Bertz CT molecular complexity index is 610. The lowest BCUT2D eigenvalue weighted by atomic mass is 9.98. The summed E-state index contributed by atoms with van der Waals surface area (Å²) < 4.78 is 22.9. The lowest BCUT2D eigenvalue weighted by molar-refractivity contribution is -0.131. The summed E-state index contributed by atoms with van der Waals surface area (Å²) in [6.45, 7) is 2.36. The molecule has 0 bridgehead atoms. The van der Waals surface area contributed by atoms with Gasteiger partial charge in [-0.25, -0.2) is 8.42 Å². The van der Waals surface area contributed by atoms with Crippen LogP contribution in [-0.2, 0) is 27.6 Å². The van der Waals surface area contributed by atoms with Crippen LogP contribution in [0.3, 0.4) is 0 Å². The standard InChI is InChI=1S/C13H18N2O3S/c1-9(19(2,17)18)13(16)15-7-6-10-4-3-5-12(14)11(10)8-15/h3-5,9H,6-8,14H2,1-2H3. The lowest BCUT2D eigenvalue weighted by Gasteiger charge is -2.31. The highest BCUT2D eigenvalue weighted by Gasteiger charge is 2.30. The van der Waals surface area contributed by atoms with Crippen molar-refractivity contribution in [1.29, 1.82) is 0 Å². The van der Waals surface area contributed by atoms with Crippen LogP contribution in [-0.4, -0.2) is 37.3 Å². The summed E-state index contributed by atoms with van der Waals surface area (Å²) in [7, 11) is -3.36. The van der Waals surface area contributed by atoms with Crippen molar-refractivity contribution in [3.63, 3.8) is 0 Å². The molecule has 1 unspecified atom stereocenters. The number of fused-ring (bicyclic) bond motifs is 1. The van der Waals surface area contributed by atoms with Crippen molar-refractivity contribution < 1.29 is 13.2 Å². The van der Waals surface area contributed by atoms with Crippen LogP contribution in [0.2, 0.25) is 0 Å². The maximum absolute atomic E-state index is 12.2. The van der Waals surface area contributed by atoms with Crippen molar-refractivity contribution in [2.75, 3.05) is 18.5 Å². The largest absolute Gasteiger partial charge is 0.398 e. The third kappa shape index (κ3) is 2.73. The number of amides is 1. The Hall–Kier alpha value is -1.56. The Balaban J connectivity index is 2.23. The van der Waals surface area contributed by atoms with Crippen LogP contribution in [0.5, 0.6) is 0 Å². The quantitative estimate of drug-likeness (QED) is 0.805. The Morgan fingerprint density at radius 2 is 2.11 bits per heavy atom. The number of carbonyl (C=O) groups excluding carboxylic acids is 1. The molecule has 19 heavy (non-hydrogen) atoms. The van der Waals surface area contributed by atoms with E-state index in [-0.39, 0.29) is 5.91 Å². The van der Waals surface area contributed by atoms with Crippen LogP contribution < -0.4 is 5.73 Å². The van der Waals surface area contributed by atoms with E-state index in [4.69, 9.17) is 5.73 Å². The van der Waals surface area contributed by atoms with Gasteiger partial charge in [0.15, 0.2) is 9.84 Å². The molecule has 1 aromatic carbocycles. The number of hydrogen-bond donors (Lipinski definition) is 1. The van der Waals surface area contributed by atoms with E-state index in [1.165, 1.54) is 6.92 Å². The predicted octanol–water partition coefficient (Wildman–Crippen LogP) is 0.587. The van der Waals surface area contributed by atoms with Gasteiger partial charge in [-0.2, -0.15) is 0 Å². The highest BCUT2D eigenvalue weighted by Crippen LogP contribution is 2.25. The van der Waals surface area contributed by atoms with Gasteiger partial charge in [0.05, 0.1) is 0 Å². The zero-order chi connectivity index (χ0) is 14.2. The molecule has 2 rings (SSSR count). The van der Waals surface area contributed by atoms with Crippen molar-refractivity contribution in [2.45, 2.75) is 25.1 Å². The van der Waals surface area contributed by atoms with Crippen LogP contribution in [0.25, 0.3) is 0 Å². The Morgan fingerprint density at radius 3 is 2.74 bits per heavy atom. The number of nitrogens with two attached hydrogens (primary N) is 1. The van der Waals surface area contributed by atoms with Crippen molar-refractivity contribution in [2.24, 2.45) is 0 Å². The van der Waals surface area contributed by atoms with E-state index in [0.29, 0.717) is 25.2 Å². The first kappa shape index (κ1) is 13.9. The number of nitrogens with zero attached hydrogens (tertiary/aromatic N) is 1. The van der Waals surface area contributed by atoms with Crippen molar-refractivity contribution in [1.82, 2.24) is 4.90 Å². The molecular weight excluding hydrogens is 264 g/mol. The first-order valence-electron chi connectivity index (χ1n) is 6.14. The maximum Gasteiger partial charge on any atom is 0.240 e. The first-order valence-corrected chi connectivity index (χ1v) is 8.10. The third-order valence-corrected chi connectivity index (χ3v) is 5.10. The average molecular weight is 282 g/mol. The molecule has 0 aromatic heterocycles. The van der Waals surface area contributed by atoms with Gasteiger partial charge in [0.2, 0.25) is 5.91 Å². The SMILES string of the molecule is CC(C(=O)N1CCc2cccc(N)c2C1)S(C)(=O)=O. The normalized spacial score (nSPS) is 16.8. The molecule has 104 valence electrons. The van der Waals surface area contributed by atoms with Gasteiger partial charge in [-0.3, -0.25) is 4.79 Å². The number of benzene rings is 1. The third-order valence-electron chi connectivity index (χ3n) is 3.61. The summed E-state index contributed by atoms with van der Waals surface area (Å²) in [6.07, 6.45) is 1.80. The topological polar surface area (TPSA) is 80.5 Å². The predicted molar refractivity (Wildman–Crippen MR) is 74.3 cm³/mol. The molecule has 0 spiro atoms. The zero-order valence-electron chi connectivity index (χ0n) is 11.1. The van der Waals surface area contributed by atoms with Crippen molar-refractivity contribution in [3.8, 4) is 0 Å². The van der Waals surface area contributed by atoms with E-state index < -0.39 is 15.1 Å². The van der Waals surface area contributed by atoms with Gasteiger partial charge in [-0.15, -0.1) is 0 Å². The van der Waals surface area contributed by atoms with Gasteiger partial charge in [0.25, 0.3) is 0 Å². The minimum absolute atomic E-state index is 0.351. The molecule has 2 N–H and O–H groups in total.